The van der Waals surface area contributed by atoms with Gasteiger partial charge in [0.1, 0.15) is 5.82 Å². The van der Waals surface area contributed by atoms with E-state index in [2.05, 4.69) is 9.71 Å². The lowest BCUT2D eigenvalue weighted by Gasteiger charge is -2.11. The molecule has 1 atom stereocenters. The number of hydrogen-bond donors (Lipinski definition) is 2. The van der Waals surface area contributed by atoms with Crippen molar-refractivity contribution in [3.63, 3.8) is 0 Å². The Bertz CT molecular complexity index is 803. The topological polar surface area (TPSA) is 84.2 Å². The normalized spacial score (nSPS) is 13.4. The first-order valence-electron chi connectivity index (χ1n) is 7.67. The maximum absolute atomic E-state index is 12.3. The molecule has 8 heteroatoms. The van der Waals surface area contributed by atoms with E-state index in [1.165, 1.54) is 6.20 Å². The van der Waals surface area contributed by atoms with Crippen LogP contribution in [-0.4, -0.2) is 29.6 Å². The predicted octanol–water partition coefficient (Wildman–Crippen LogP) is 2.60. The number of aliphatic hydroxyl groups excluding tert-OH is 1. The van der Waals surface area contributed by atoms with E-state index in [-0.39, 0.29) is 23.9 Å². The van der Waals surface area contributed by atoms with Gasteiger partial charge in [0.2, 0.25) is 0 Å². The van der Waals surface area contributed by atoms with Gasteiger partial charge in [0.15, 0.2) is 5.03 Å². The molecule has 0 amide bonds. The number of aliphatic hydroxyl groups is 1. The second-order valence-electron chi connectivity index (χ2n) is 5.96. The molecule has 0 saturated heterocycles. The molecule has 0 saturated carbocycles. The molecule has 1 aromatic carbocycles. The summed E-state index contributed by atoms with van der Waals surface area (Å²) < 4.78 is 28.8. The number of halogens is 1. The van der Waals surface area contributed by atoms with Gasteiger partial charge in [-0.1, -0.05) is 37.6 Å². The SMILES string of the molecule is CC(C)c1nc(S(=O)(=O)NCCC(O)c2cccc(Cl)c2)cn1C. The molecule has 0 aliphatic carbocycles. The first-order chi connectivity index (χ1) is 11.2. The van der Waals surface area contributed by atoms with Crippen molar-refractivity contribution in [1.29, 1.82) is 0 Å². The van der Waals surface area contributed by atoms with Crippen LogP contribution in [0.1, 0.15) is 43.7 Å². The third-order valence-electron chi connectivity index (χ3n) is 3.63. The highest BCUT2D eigenvalue weighted by atomic mass is 35.5. The van der Waals surface area contributed by atoms with Crippen LogP contribution in [0.4, 0.5) is 0 Å². The van der Waals surface area contributed by atoms with Crippen LogP contribution < -0.4 is 4.72 Å². The van der Waals surface area contributed by atoms with Gasteiger partial charge in [0.25, 0.3) is 10.0 Å². The third-order valence-corrected chi connectivity index (χ3v) is 5.19. The first-order valence-corrected chi connectivity index (χ1v) is 9.53. The lowest BCUT2D eigenvalue weighted by atomic mass is 10.1. The largest absolute Gasteiger partial charge is 0.388 e. The van der Waals surface area contributed by atoms with Crippen molar-refractivity contribution in [2.75, 3.05) is 6.54 Å². The van der Waals surface area contributed by atoms with Crippen molar-refractivity contribution >= 4 is 21.6 Å². The van der Waals surface area contributed by atoms with Crippen LogP contribution in [0.15, 0.2) is 35.5 Å². The molecule has 0 fully saturated rings. The fourth-order valence-electron chi connectivity index (χ4n) is 2.40. The van der Waals surface area contributed by atoms with E-state index < -0.39 is 16.1 Å². The molecule has 2 N–H and O–H groups in total. The quantitative estimate of drug-likeness (QED) is 0.783. The number of benzene rings is 1. The number of imidazole rings is 1. The lowest BCUT2D eigenvalue weighted by molar-refractivity contribution is 0.169. The monoisotopic (exact) mass is 371 g/mol. The molecule has 132 valence electrons. The smallest absolute Gasteiger partial charge is 0.259 e. The van der Waals surface area contributed by atoms with E-state index >= 15 is 0 Å². The maximum atomic E-state index is 12.3. The highest BCUT2D eigenvalue weighted by Crippen LogP contribution is 2.20. The minimum atomic E-state index is -3.70. The average molecular weight is 372 g/mol. The van der Waals surface area contributed by atoms with Crippen molar-refractivity contribution in [2.24, 2.45) is 7.05 Å². The summed E-state index contributed by atoms with van der Waals surface area (Å²) >= 11 is 5.88. The molecule has 0 spiro atoms. The lowest BCUT2D eigenvalue weighted by Crippen LogP contribution is -2.26. The Balaban J connectivity index is 1.99. The van der Waals surface area contributed by atoms with Gasteiger partial charge in [0.05, 0.1) is 6.10 Å². The van der Waals surface area contributed by atoms with Gasteiger partial charge in [-0.3, -0.25) is 0 Å². The van der Waals surface area contributed by atoms with Gasteiger partial charge in [-0.25, -0.2) is 18.1 Å². The molecule has 2 rings (SSSR count). The molecule has 1 heterocycles. The maximum Gasteiger partial charge on any atom is 0.259 e. The Hall–Kier alpha value is -1.41. The molecule has 0 radical (unpaired) electrons. The molecule has 0 aliphatic rings. The van der Waals surface area contributed by atoms with Gasteiger partial charge >= 0.3 is 0 Å². The first kappa shape index (κ1) is 18.9. The number of sulfonamides is 1. The minimum Gasteiger partial charge on any atom is -0.388 e. The Morgan fingerprint density at radius 2 is 2.08 bits per heavy atom. The molecule has 6 nitrogen and oxygen atoms in total. The van der Waals surface area contributed by atoms with Crippen molar-refractivity contribution < 1.29 is 13.5 Å². The summed E-state index contributed by atoms with van der Waals surface area (Å²) in [5.74, 6) is 0.831. The van der Waals surface area contributed by atoms with Crippen LogP contribution in [-0.2, 0) is 17.1 Å². The summed E-state index contributed by atoms with van der Waals surface area (Å²) in [6, 6.07) is 6.87. The third kappa shape index (κ3) is 4.57. The molecular weight excluding hydrogens is 350 g/mol. The van der Waals surface area contributed by atoms with Crippen LogP contribution in [0, 0.1) is 0 Å². The molecule has 1 aromatic heterocycles. The Labute approximate surface area is 147 Å². The Kier molecular flexibility index (Phi) is 6.03. The van der Waals surface area contributed by atoms with Crippen molar-refractivity contribution in [3.05, 3.63) is 46.9 Å². The zero-order valence-electron chi connectivity index (χ0n) is 13.9. The van der Waals surface area contributed by atoms with Gasteiger partial charge < -0.3 is 9.67 Å². The number of aromatic nitrogens is 2. The van der Waals surface area contributed by atoms with Crippen molar-refractivity contribution in [3.8, 4) is 0 Å². The van der Waals surface area contributed by atoms with E-state index in [9.17, 15) is 13.5 Å². The van der Waals surface area contributed by atoms with E-state index in [4.69, 9.17) is 11.6 Å². The van der Waals surface area contributed by atoms with Crippen molar-refractivity contribution in [2.45, 2.75) is 37.3 Å². The fourth-order valence-corrected chi connectivity index (χ4v) is 3.65. The van der Waals surface area contributed by atoms with E-state index in [0.29, 0.717) is 16.4 Å². The summed E-state index contributed by atoms with van der Waals surface area (Å²) in [7, 11) is -1.93. The van der Waals surface area contributed by atoms with Gasteiger partial charge in [-0.05, 0) is 24.1 Å². The van der Waals surface area contributed by atoms with Crippen LogP contribution in [0.2, 0.25) is 5.02 Å². The molecule has 0 bridgehead atoms. The number of hydrogen-bond acceptors (Lipinski definition) is 4. The predicted molar refractivity (Wildman–Crippen MR) is 93.5 cm³/mol. The summed E-state index contributed by atoms with van der Waals surface area (Å²) in [5, 5.41) is 10.6. The van der Waals surface area contributed by atoms with E-state index in [1.807, 2.05) is 13.8 Å². The standard InChI is InChI=1S/C16H22ClN3O3S/c1-11(2)16-19-15(10-20(16)3)24(22,23)18-8-7-14(21)12-5-4-6-13(17)9-12/h4-6,9-11,14,18,21H,7-8H2,1-3H3. The van der Waals surface area contributed by atoms with Gasteiger partial charge in [-0.15, -0.1) is 0 Å². The minimum absolute atomic E-state index is 0.00838. The number of nitrogens with zero attached hydrogens (tertiary/aromatic N) is 2. The zero-order valence-corrected chi connectivity index (χ0v) is 15.5. The second-order valence-corrected chi connectivity index (χ2v) is 8.11. The summed E-state index contributed by atoms with van der Waals surface area (Å²) in [5.41, 5.74) is 0.654. The van der Waals surface area contributed by atoms with Gasteiger partial charge in [-0.2, -0.15) is 0 Å². The summed E-state index contributed by atoms with van der Waals surface area (Å²) in [4.78, 5) is 4.18. The number of nitrogens with one attached hydrogen (secondary N) is 1. The molecule has 2 aromatic rings. The molecular formula is C16H22ClN3O3S. The summed E-state index contributed by atoms with van der Waals surface area (Å²) in [6.07, 6.45) is 0.940. The van der Waals surface area contributed by atoms with Crippen molar-refractivity contribution in [1.82, 2.24) is 14.3 Å². The fraction of sp³-hybridized carbons (Fsp3) is 0.438. The van der Waals surface area contributed by atoms with Crippen LogP contribution in [0.3, 0.4) is 0 Å². The van der Waals surface area contributed by atoms with E-state index in [0.717, 1.165) is 0 Å². The number of aryl methyl sites for hydroxylation is 1. The van der Waals surface area contributed by atoms with E-state index in [1.54, 1.807) is 35.9 Å². The number of rotatable bonds is 7. The average Bonchev–Trinajstić information content (AvgIpc) is 2.90. The van der Waals surface area contributed by atoms with Crippen LogP contribution in [0.25, 0.3) is 0 Å². The highest BCUT2D eigenvalue weighted by molar-refractivity contribution is 7.89. The highest BCUT2D eigenvalue weighted by Gasteiger charge is 2.20. The molecule has 24 heavy (non-hydrogen) atoms. The molecule has 0 aliphatic heterocycles. The second kappa shape index (κ2) is 7.65. The Morgan fingerprint density at radius 3 is 2.67 bits per heavy atom. The van der Waals surface area contributed by atoms with Crippen LogP contribution in [0.5, 0.6) is 0 Å². The van der Waals surface area contributed by atoms with Crippen LogP contribution >= 0.6 is 11.6 Å². The van der Waals surface area contributed by atoms with Gasteiger partial charge in [0, 0.05) is 30.7 Å². The zero-order chi connectivity index (χ0) is 17.9. The Morgan fingerprint density at radius 1 is 1.38 bits per heavy atom. The summed E-state index contributed by atoms with van der Waals surface area (Å²) in [6.45, 7) is 4.00. The molecule has 1 unspecified atom stereocenters.